The van der Waals surface area contributed by atoms with Gasteiger partial charge in [0.15, 0.2) is 0 Å². The largest absolute Gasteiger partial charge is 0.334 e. The van der Waals surface area contributed by atoms with Crippen LogP contribution in [0.15, 0.2) is 0 Å². The van der Waals surface area contributed by atoms with E-state index < -0.39 is 0 Å². The van der Waals surface area contributed by atoms with Gasteiger partial charge in [-0.2, -0.15) is 0 Å². The van der Waals surface area contributed by atoms with Crippen molar-refractivity contribution in [1.29, 1.82) is 0 Å². The van der Waals surface area contributed by atoms with Crippen LogP contribution in [0.2, 0.25) is 0 Å². The van der Waals surface area contributed by atoms with Crippen LogP contribution in [0.25, 0.3) is 0 Å². The van der Waals surface area contributed by atoms with E-state index in [2.05, 4.69) is 30.6 Å². The molecule has 1 fully saturated rings. The third kappa shape index (κ3) is 1.70. The van der Waals surface area contributed by atoms with E-state index in [1.807, 2.05) is 0 Å². The fourth-order valence-corrected chi connectivity index (χ4v) is 1.22. The summed E-state index contributed by atoms with van der Waals surface area (Å²) in [7, 11) is 5.48. The summed E-state index contributed by atoms with van der Waals surface area (Å²) in [6.45, 7) is 3.54. The molecule has 0 aromatic rings. The van der Waals surface area contributed by atoms with Gasteiger partial charge in [-0.1, -0.05) is 6.92 Å². The summed E-state index contributed by atoms with van der Waals surface area (Å²) in [5, 5.41) is 0. The van der Waals surface area contributed by atoms with Crippen LogP contribution in [-0.4, -0.2) is 43.9 Å². The number of rotatable bonds is 0. The molecule has 0 aromatic carbocycles. The van der Waals surface area contributed by atoms with Gasteiger partial charge < -0.3 is 9.62 Å². The highest BCUT2D eigenvalue weighted by Crippen LogP contribution is 2.06. The lowest BCUT2D eigenvalue weighted by atomic mass is 9.95. The molecule has 0 N–H and O–H groups in total. The summed E-state index contributed by atoms with van der Waals surface area (Å²) in [6, 6.07) is 0.779. The van der Waals surface area contributed by atoms with Crippen LogP contribution < -0.4 is 0 Å². The fraction of sp³-hybridized carbons (Fsp3) is 1.00. The third-order valence-corrected chi connectivity index (χ3v) is 2.15. The lowest BCUT2D eigenvalue weighted by Crippen LogP contribution is -2.48. The highest BCUT2D eigenvalue weighted by Gasteiger charge is 2.18. The number of hydrogen-bond acceptors (Lipinski definition) is 2. The van der Waals surface area contributed by atoms with Gasteiger partial charge in [0.1, 0.15) is 0 Å². The molecule has 3 heteroatoms. The topological polar surface area (TPSA) is 6.48 Å². The Kier molecular flexibility index (Phi) is 2.14. The van der Waals surface area contributed by atoms with E-state index in [1.165, 1.54) is 13.0 Å². The molecule has 9 heavy (non-hydrogen) atoms. The van der Waals surface area contributed by atoms with E-state index in [1.54, 1.807) is 0 Å². The van der Waals surface area contributed by atoms with Gasteiger partial charge >= 0.3 is 0 Å². The van der Waals surface area contributed by atoms with E-state index >= 15 is 0 Å². The first-order valence-electron chi connectivity index (χ1n) is 3.59. The van der Waals surface area contributed by atoms with E-state index in [4.69, 9.17) is 0 Å². The number of hydrogen-bond donors (Lipinski definition) is 0. The van der Waals surface area contributed by atoms with Crippen molar-refractivity contribution >= 4 is 7.55 Å². The summed E-state index contributed by atoms with van der Waals surface area (Å²) in [5.74, 6) is 0. The van der Waals surface area contributed by atoms with Gasteiger partial charge in [-0.3, -0.25) is 0 Å². The molecular formula is C6H15BN2. The Morgan fingerprint density at radius 1 is 1.44 bits per heavy atom. The SMILES string of the molecule is CC1CCN(C)BN1C. The molecule has 0 radical (unpaired) electrons. The average Bonchev–Trinajstić information content (AvgIpc) is 1.80. The lowest BCUT2D eigenvalue weighted by molar-refractivity contribution is 0.289. The van der Waals surface area contributed by atoms with Crippen LogP contribution in [0, 0.1) is 0 Å². The normalized spacial score (nSPS) is 32.1. The minimum Gasteiger partial charge on any atom is -0.334 e. The van der Waals surface area contributed by atoms with Crippen LogP contribution in [0.1, 0.15) is 13.3 Å². The molecule has 0 aromatic heterocycles. The second-order valence-corrected chi connectivity index (χ2v) is 3.12. The monoisotopic (exact) mass is 126 g/mol. The van der Waals surface area contributed by atoms with Gasteiger partial charge in [0.2, 0.25) is 0 Å². The summed E-state index contributed by atoms with van der Waals surface area (Å²) in [5.41, 5.74) is 0. The highest BCUT2D eigenvalue weighted by molar-refractivity contribution is 6.28. The minimum absolute atomic E-state index is 0.779. The molecule has 1 heterocycles. The zero-order chi connectivity index (χ0) is 6.85. The van der Waals surface area contributed by atoms with Crippen molar-refractivity contribution in [3.05, 3.63) is 0 Å². The Labute approximate surface area is 58.1 Å². The molecule has 1 aliphatic rings. The summed E-state index contributed by atoms with van der Waals surface area (Å²) >= 11 is 0. The van der Waals surface area contributed by atoms with Crippen molar-refractivity contribution in [1.82, 2.24) is 9.62 Å². The van der Waals surface area contributed by atoms with Gasteiger partial charge in [-0.05, 0) is 33.1 Å². The van der Waals surface area contributed by atoms with Gasteiger partial charge in [0, 0.05) is 0 Å². The number of nitrogens with zero attached hydrogens (tertiary/aromatic N) is 2. The smallest absolute Gasteiger partial charge is 0.291 e. The van der Waals surface area contributed by atoms with Crippen LogP contribution in [0.4, 0.5) is 0 Å². The lowest BCUT2D eigenvalue weighted by Gasteiger charge is -2.34. The Morgan fingerprint density at radius 3 is 2.56 bits per heavy atom. The standard InChI is InChI=1S/C6H15BN2/c1-6-4-5-8(2)7-9(6)3/h6-7H,4-5H2,1-3H3. The molecule has 0 amide bonds. The summed E-state index contributed by atoms with van der Waals surface area (Å²) < 4.78 is 0. The van der Waals surface area contributed by atoms with E-state index in [0.717, 1.165) is 13.6 Å². The maximum atomic E-state index is 2.38. The molecule has 52 valence electrons. The molecule has 1 unspecified atom stereocenters. The van der Waals surface area contributed by atoms with Crippen LogP contribution in [0.3, 0.4) is 0 Å². The average molecular weight is 126 g/mol. The van der Waals surface area contributed by atoms with Crippen LogP contribution >= 0.6 is 0 Å². The maximum Gasteiger partial charge on any atom is 0.291 e. The zero-order valence-corrected chi connectivity index (χ0v) is 6.59. The van der Waals surface area contributed by atoms with Crippen LogP contribution in [0.5, 0.6) is 0 Å². The maximum absolute atomic E-state index is 2.38. The Balaban J connectivity index is 2.35. The molecule has 1 aliphatic heterocycles. The third-order valence-electron chi connectivity index (χ3n) is 2.15. The first-order chi connectivity index (χ1) is 4.20. The molecule has 0 aliphatic carbocycles. The first kappa shape index (κ1) is 7.10. The van der Waals surface area contributed by atoms with Crippen molar-refractivity contribution in [2.75, 3.05) is 20.6 Å². The Hall–Kier alpha value is -0.0151. The van der Waals surface area contributed by atoms with Gasteiger partial charge in [0.05, 0.1) is 0 Å². The van der Waals surface area contributed by atoms with Crippen molar-refractivity contribution in [2.24, 2.45) is 0 Å². The molecule has 1 atom stereocenters. The molecule has 0 bridgehead atoms. The van der Waals surface area contributed by atoms with Crippen molar-refractivity contribution in [3.8, 4) is 0 Å². The quantitative estimate of drug-likeness (QED) is 0.418. The van der Waals surface area contributed by atoms with Gasteiger partial charge in [-0.25, -0.2) is 0 Å². The van der Waals surface area contributed by atoms with E-state index in [0.29, 0.717) is 0 Å². The first-order valence-corrected chi connectivity index (χ1v) is 3.59. The molecule has 2 nitrogen and oxygen atoms in total. The predicted octanol–water partition coefficient (Wildman–Crippen LogP) is -0.0913. The highest BCUT2D eigenvalue weighted by atomic mass is 15.2. The Bertz CT molecular complexity index is 97.1. The molecule has 1 rings (SSSR count). The van der Waals surface area contributed by atoms with Gasteiger partial charge in [-0.15, -0.1) is 0 Å². The summed E-state index contributed by atoms with van der Waals surface area (Å²) in [4.78, 5) is 4.73. The molecule has 0 spiro atoms. The zero-order valence-electron chi connectivity index (χ0n) is 6.59. The van der Waals surface area contributed by atoms with Crippen LogP contribution in [-0.2, 0) is 0 Å². The van der Waals surface area contributed by atoms with Gasteiger partial charge in [0.25, 0.3) is 7.55 Å². The Morgan fingerprint density at radius 2 is 2.11 bits per heavy atom. The predicted molar refractivity (Wildman–Crippen MR) is 41.6 cm³/mol. The second kappa shape index (κ2) is 2.71. The molecular weight excluding hydrogens is 111 g/mol. The van der Waals surface area contributed by atoms with Crippen molar-refractivity contribution < 1.29 is 0 Å². The summed E-state index contributed by atoms with van der Waals surface area (Å²) in [6.07, 6.45) is 1.31. The van der Waals surface area contributed by atoms with E-state index in [-0.39, 0.29) is 0 Å². The minimum atomic E-state index is 0.779. The van der Waals surface area contributed by atoms with Crippen molar-refractivity contribution in [3.63, 3.8) is 0 Å². The molecule has 1 saturated heterocycles. The van der Waals surface area contributed by atoms with Crippen molar-refractivity contribution in [2.45, 2.75) is 19.4 Å². The van der Waals surface area contributed by atoms with E-state index in [9.17, 15) is 0 Å². The fourth-order valence-electron chi connectivity index (χ4n) is 1.22. The molecule has 0 saturated carbocycles. The second-order valence-electron chi connectivity index (χ2n) is 3.12.